The van der Waals surface area contributed by atoms with E-state index < -0.39 is 0 Å². The first-order valence-corrected chi connectivity index (χ1v) is 26.7. The van der Waals surface area contributed by atoms with E-state index in [1.165, 1.54) is 78.2 Å². The highest BCUT2D eigenvalue weighted by Crippen LogP contribution is 2.48. The molecular formula is C72H62N2. The molecule has 0 heterocycles. The molecule has 0 bridgehead atoms. The predicted octanol–water partition coefficient (Wildman–Crippen LogP) is 19.2. The Kier molecular flexibility index (Phi) is 13.7. The molecule has 74 heavy (non-hydrogen) atoms. The lowest BCUT2D eigenvalue weighted by Crippen LogP contribution is -2.33. The number of nitrogens with zero attached hydrogens (tertiary/aromatic N) is 2. The van der Waals surface area contributed by atoms with Crippen LogP contribution in [0.2, 0.25) is 0 Å². The van der Waals surface area contributed by atoms with Crippen molar-refractivity contribution >= 4 is 33.8 Å². The fourth-order valence-corrected chi connectivity index (χ4v) is 11.6. The molecule has 12 rings (SSSR count). The van der Waals surface area contributed by atoms with Gasteiger partial charge in [-0.15, -0.1) is 0 Å². The first kappa shape index (κ1) is 46.6. The quantitative estimate of drug-likeness (QED) is 0.114. The summed E-state index contributed by atoms with van der Waals surface area (Å²) in [5, 5.41) is 0. The summed E-state index contributed by atoms with van der Waals surface area (Å²) in [6.45, 7) is 0. The van der Waals surface area contributed by atoms with Gasteiger partial charge in [0.25, 0.3) is 0 Å². The van der Waals surface area contributed by atoms with Gasteiger partial charge < -0.3 is 9.80 Å². The molecule has 0 aliphatic heterocycles. The molecule has 0 fully saturated rings. The fourth-order valence-electron chi connectivity index (χ4n) is 11.6. The third kappa shape index (κ3) is 10.0. The fraction of sp³-hybridized carbons (Fsp3) is 0.139. The Morgan fingerprint density at radius 2 is 1.03 bits per heavy atom. The highest BCUT2D eigenvalue weighted by atomic mass is 15.2. The van der Waals surface area contributed by atoms with Gasteiger partial charge in [-0.05, 0) is 160 Å². The van der Waals surface area contributed by atoms with Gasteiger partial charge in [-0.25, -0.2) is 0 Å². The van der Waals surface area contributed by atoms with Crippen LogP contribution in [0.15, 0.2) is 285 Å². The van der Waals surface area contributed by atoms with Gasteiger partial charge in [0.1, 0.15) is 0 Å². The minimum Gasteiger partial charge on any atom is -0.338 e. The Bertz CT molecular complexity index is 3370. The third-order valence-electron chi connectivity index (χ3n) is 15.5. The third-order valence-corrected chi connectivity index (χ3v) is 15.5. The van der Waals surface area contributed by atoms with Crippen molar-refractivity contribution < 1.29 is 0 Å². The number of hydrogen-bond acceptors (Lipinski definition) is 2. The molecule has 0 saturated heterocycles. The van der Waals surface area contributed by atoms with Gasteiger partial charge in [-0.3, -0.25) is 0 Å². The van der Waals surface area contributed by atoms with Crippen LogP contribution in [0.1, 0.15) is 84.6 Å². The molecule has 3 unspecified atom stereocenters. The van der Waals surface area contributed by atoms with Crippen molar-refractivity contribution in [1.29, 1.82) is 0 Å². The van der Waals surface area contributed by atoms with Crippen LogP contribution in [0.5, 0.6) is 0 Å². The van der Waals surface area contributed by atoms with Crippen molar-refractivity contribution in [3.63, 3.8) is 0 Å². The largest absolute Gasteiger partial charge is 0.338 e. The monoisotopic (exact) mass is 954 g/mol. The summed E-state index contributed by atoms with van der Waals surface area (Å²) >= 11 is 0. The highest BCUT2D eigenvalue weighted by molar-refractivity contribution is 5.89. The molecule has 7 aromatic rings. The molecule has 0 saturated carbocycles. The van der Waals surface area contributed by atoms with Crippen molar-refractivity contribution in [1.82, 2.24) is 4.90 Å². The van der Waals surface area contributed by atoms with Gasteiger partial charge in [0, 0.05) is 40.3 Å². The topological polar surface area (TPSA) is 6.48 Å². The maximum atomic E-state index is 2.64. The lowest BCUT2D eigenvalue weighted by molar-refractivity contribution is 0.356. The SMILES string of the molecule is C1=CCCC(c2ccc(N(c3ccc(C4C=CC=CC4)cc3)c3cc(-c4ccccc4)c(C4C=CC(N(C5=CC=C(c6ccccc6)CC5)C5C=CC(c6ccccc6)=CC5)=CC4)c(-c4ccccc4)c3)cc2)=C1. The first-order chi connectivity index (χ1) is 36.7. The van der Waals surface area contributed by atoms with Crippen LogP contribution in [0.25, 0.3) is 39.0 Å². The van der Waals surface area contributed by atoms with E-state index in [0.29, 0.717) is 5.92 Å². The van der Waals surface area contributed by atoms with Crippen molar-refractivity contribution in [3.05, 3.63) is 312 Å². The van der Waals surface area contributed by atoms with Gasteiger partial charge in [-0.2, -0.15) is 0 Å². The molecule has 2 nitrogen and oxygen atoms in total. The Morgan fingerprint density at radius 1 is 0.405 bits per heavy atom. The minimum absolute atomic E-state index is 0.138. The molecule has 360 valence electrons. The normalized spacial score (nSPS) is 19.0. The van der Waals surface area contributed by atoms with Crippen molar-refractivity contribution in [3.8, 4) is 22.3 Å². The number of rotatable bonds is 13. The lowest BCUT2D eigenvalue weighted by atomic mass is 9.80. The molecule has 3 atom stereocenters. The number of hydrogen-bond donors (Lipinski definition) is 0. The number of allylic oxidation sites excluding steroid dienone is 17. The molecule has 0 aromatic heterocycles. The standard InChI is InChI=1S/C72H62N2/c1-7-19-53(20-8-1)57-31-41-64(42-32-57)73(65-43-33-58(34-44-65)54-21-9-2-10-22-54)66-49-39-63(40-50-66)72-70(61-27-15-5-16-28-61)51-69(52-71(72)62-29-17-6-18-30-62)74(67-45-35-59(36-46-67)55-23-11-3-12-24-55)68-47-37-60(38-48-68)56-25-13-4-14-26-56/h1-13,15-23,25,27-33,35-39,41,43,45-52,55,63-64H,14,24,26,34,40,42,44H2. The lowest BCUT2D eigenvalue weighted by Gasteiger charge is -2.38. The van der Waals surface area contributed by atoms with E-state index in [1.54, 1.807) is 0 Å². The van der Waals surface area contributed by atoms with E-state index in [9.17, 15) is 0 Å². The summed E-state index contributed by atoms with van der Waals surface area (Å²) in [4.78, 5) is 5.11. The second kappa shape index (κ2) is 21.7. The molecule has 0 N–H and O–H groups in total. The van der Waals surface area contributed by atoms with E-state index in [0.717, 1.165) is 62.0 Å². The summed E-state index contributed by atoms with van der Waals surface area (Å²) in [5.74, 6) is 0.518. The van der Waals surface area contributed by atoms with E-state index in [2.05, 4.69) is 283 Å². The molecular weight excluding hydrogens is 893 g/mol. The smallest absolute Gasteiger partial charge is 0.0557 e. The van der Waals surface area contributed by atoms with E-state index in [-0.39, 0.29) is 12.0 Å². The van der Waals surface area contributed by atoms with Crippen LogP contribution in [-0.4, -0.2) is 10.9 Å². The van der Waals surface area contributed by atoms with Crippen LogP contribution >= 0.6 is 0 Å². The van der Waals surface area contributed by atoms with Crippen molar-refractivity contribution in [2.75, 3.05) is 4.90 Å². The summed E-state index contributed by atoms with van der Waals surface area (Å²) < 4.78 is 0. The molecule has 0 amide bonds. The van der Waals surface area contributed by atoms with E-state index in [4.69, 9.17) is 0 Å². The molecule has 0 spiro atoms. The molecule has 5 aliphatic rings. The predicted molar refractivity (Wildman–Crippen MR) is 314 cm³/mol. The Hall–Kier alpha value is -8.46. The van der Waals surface area contributed by atoms with Gasteiger partial charge in [-0.1, -0.05) is 225 Å². The molecule has 2 heteroatoms. The average molecular weight is 955 g/mol. The summed E-state index contributed by atoms with van der Waals surface area (Å²) in [6, 6.07) is 67.6. The van der Waals surface area contributed by atoms with Crippen LogP contribution < -0.4 is 4.90 Å². The van der Waals surface area contributed by atoms with Crippen LogP contribution in [-0.2, 0) is 0 Å². The van der Waals surface area contributed by atoms with Crippen molar-refractivity contribution in [2.45, 2.75) is 62.8 Å². The maximum Gasteiger partial charge on any atom is 0.0557 e. The maximum absolute atomic E-state index is 2.64. The summed E-state index contributed by atoms with van der Waals surface area (Å²) in [6.07, 6.45) is 42.0. The zero-order chi connectivity index (χ0) is 49.5. The zero-order valence-corrected chi connectivity index (χ0v) is 42.1. The van der Waals surface area contributed by atoms with Gasteiger partial charge in [0.05, 0.1) is 6.04 Å². The zero-order valence-electron chi connectivity index (χ0n) is 42.1. The summed E-state index contributed by atoms with van der Waals surface area (Å²) in [5.41, 5.74) is 21.6. The Labute approximate surface area is 438 Å². The highest BCUT2D eigenvalue weighted by Gasteiger charge is 2.29. The van der Waals surface area contributed by atoms with Gasteiger partial charge in [0.2, 0.25) is 0 Å². The number of anilines is 3. The summed E-state index contributed by atoms with van der Waals surface area (Å²) in [7, 11) is 0. The van der Waals surface area contributed by atoms with Crippen LogP contribution in [0.4, 0.5) is 17.1 Å². The second-order valence-electron chi connectivity index (χ2n) is 20.1. The number of benzene rings is 7. The van der Waals surface area contributed by atoms with Gasteiger partial charge in [0.15, 0.2) is 0 Å². The Balaban J connectivity index is 0.953. The van der Waals surface area contributed by atoms with Crippen LogP contribution in [0.3, 0.4) is 0 Å². The minimum atomic E-state index is 0.138. The Morgan fingerprint density at radius 3 is 1.58 bits per heavy atom. The van der Waals surface area contributed by atoms with Crippen LogP contribution in [0, 0.1) is 0 Å². The van der Waals surface area contributed by atoms with E-state index in [1.807, 2.05) is 0 Å². The van der Waals surface area contributed by atoms with Crippen molar-refractivity contribution in [2.24, 2.45) is 0 Å². The second-order valence-corrected chi connectivity index (χ2v) is 20.1. The molecule has 5 aliphatic carbocycles. The average Bonchev–Trinajstić information content (AvgIpc) is 3.49. The van der Waals surface area contributed by atoms with Gasteiger partial charge >= 0.3 is 0 Å². The molecule has 0 radical (unpaired) electrons. The molecule has 7 aromatic carbocycles. The van der Waals surface area contributed by atoms with E-state index >= 15 is 0 Å². The first-order valence-electron chi connectivity index (χ1n) is 26.7.